The lowest BCUT2D eigenvalue weighted by molar-refractivity contribution is -0.150. The zero-order valence-corrected chi connectivity index (χ0v) is 27.7. The molecule has 3 saturated heterocycles. The van der Waals surface area contributed by atoms with Gasteiger partial charge in [0.25, 0.3) is 5.56 Å². The van der Waals surface area contributed by atoms with Crippen molar-refractivity contribution in [3.8, 4) is 22.6 Å². The van der Waals surface area contributed by atoms with Gasteiger partial charge < -0.3 is 23.8 Å². The van der Waals surface area contributed by atoms with E-state index >= 15 is 0 Å². The smallest absolute Gasteiger partial charge is 0.259 e. The Balaban J connectivity index is 1.16. The fourth-order valence-electron chi connectivity index (χ4n) is 7.11. The Hall–Kier alpha value is -4.49. The fraction of sp³-hybridized carbons (Fsp3) is 0.500. The number of hydrogen-bond donors (Lipinski definition) is 1. The van der Waals surface area contributed by atoms with Crippen LogP contribution in [0.5, 0.6) is 11.5 Å². The maximum atomic E-state index is 13.1. The molecule has 47 heavy (non-hydrogen) atoms. The highest BCUT2D eigenvalue weighted by Gasteiger charge is 2.39. The number of aryl methyl sites for hydroxylation is 1. The zero-order chi connectivity index (χ0) is 33.4. The molecule has 0 aliphatic carbocycles. The van der Waals surface area contributed by atoms with E-state index in [-0.39, 0.29) is 42.3 Å². The highest BCUT2D eigenvalue weighted by atomic mass is 16.5. The van der Waals surface area contributed by atoms with Gasteiger partial charge in [-0.15, -0.1) is 0 Å². The van der Waals surface area contributed by atoms with Crippen molar-refractivity contribution in [1.82, 2.24) is 29.6 Å². The molecule has 3 aromatic rings. The molecule has 13 nitrogen and oxygen atoms in total. The van der Waals surface area contributed by atoms with Gasteiger partial charge in [-0.1, -0.05) is 0 Å². The summed E-state index contributed by atoms with van der Waals surface area (Å²) in [4.78, 5) is 62.6. The van der Waals surface area contributed by atoms with Crippen LogP contribution in [0.3, 0.4) is 0 Å². The molecule has 3 aliphatic heterocycles. The second-order valence-corrected chi connectivity index (χ2v) is 12.8. The first-order valence-corrected chi connectivity index (χ1v) is 16.1. The number of ether oxygens (including phenoxy) is 2. The lowest BCUT2D eigenvalue weighted by Gasteiger charge is -2.44. The molecule has 0 bridgehead atoms. The van der Waals surface area contributed by atoms with Crippen LogP contribution >= 0.6 is 0 Å². The summed E-state index contributed by atoms with van der Waals surface area (Å²) in [5, 5.41) is 3.71. The molecule has 13 heteroatoms. The third kappa shape index (κ3) is 6.41. The largest absolute Gasteiger partial charge is 0.496 e. The topological polar surface area (TPSA) is 130 Å². The van der Waals surface area contributed by atoms with Crippen LogP contribution in [0.4, 0.5) is 5.82 Å². The number of piperidine rings is 2. The molecule has 0 saturated carbocycles. The maximum absolute atomic E-state index is 13.1. The number of likely N-dealkylation sites (tertiary alicyclic amines) is 1. The van der Waals surface area contributed by atoms with Gasteiger partial charge in [0.15, 0.2) is 0 Å². The van der Waals surface area contributed by atoms with Crippen molar-refractivity contribution in [3.05, 3.63) is 46.5 Å². The minimum atomic E-state index is -0.555. The summed E-state index contributed by atoms with van der Waals surface area (Å²) in [6, 6.07) is 5.68. The first kappa shape index (κ1) is 32.5. The highest BCUT2D eigenvalue weighted by Crippen LogP contribution is 2.39. The van der Waals surface area contributed by atoms with Crippen molar-refractivity contribution < 1.29 is 23.9 Å². The van der Waals surface area contributed by atoms with E-state index in [1.54, 1.807) is 36.9 Å². The molecule has 1 atom stereocenters. The number of pyridine rings is 2. The van der Waals surface area contributed by atoms with E-state index in [0.29, 0.717) is 42.9 Å². The number of methoxy groups -OCH3 is 2. The van der Waals surface area contributed by atoms with Gasteiger partial charge in [-0.2, -0.15) is 0 Å². The Morgan fingerprint density at radius 1 is 0.936 bits per heavy atom. The molecule has 1 aromatic carbocycles. The second-order valence-electron chi connectivity index (χ2n) is 12.8. The quantitative estimate of drug-likeness (QED) is 0.361. The van der Waals surface area contributed by atoms with Crippen LogP contribution in [0, 0.1) is 0 Å². The lowest BCUT2D eigenvalue weighted by atomic mass is 9.97. The molecule has 0 spiro atoms. The molecule has 2 aromatic heterocycles. The molecular formula is C34H43N7O6. The van der Waals surface area contributed by atoms with Gasteiger partial charge >= 0.3 is 0 Å². The molecule has 250 valence electrons. The molecule has 3 aliphatic rings. The van der Waals surface area contributed by atoms with Crippen molar-refractivity contribution in [2.45, 2.75) is 44.3 Å². The summed E-state index contributed by atoms with van der Waals surface area (Å²) in [5.41, 5.74) is 2.60. The number of fused-ring (bicyclic) bond motifs is 1. The van der Waals surface area contributed by atoms with E-state index in [9.17, 15) is 19.2 Å². The molecule has 1 unspecified atom stereocenters. The Labute approximate surface area is 274 Å². The van der Waals surface area contributed by atoms with Crippen LogP contribution < -0.4 is 25.2 Å². The number of anilines is 1. The molecule has 3 amide bonds. The Bertz CT molecular complexity index is 1740. The first-order valence-electron chi connectivity index (χ1n) is 16.1. The van der Waals surface area contributed by atoms with Crippen LogP contribution in [0.15, 0.2) is 35.4 Å². The minimum absolute atomic E-state index is 0.0526. The average Bonchev–Trinajstić information content (AvgIpc) is 3.06. The average molecular weight is 646 g/mol. The number of nitrogens with one attached hydrogen (secondary N) is 1. The fourth-order valence-corrected chi connectivity index (χ4v) is 7.11. The SMILES string of the molecule is COc1cc(-c2cn(C)c(=O)c3cnc(N(C)C)cc23)cc(OC)c1CN1CCC(N2CCN(C3CCC(=O)NC3=O)C(=O)C2)CC1. The third-order valence-corrected chi connectivity index (χ3v) is 9.76. The van der Waals surface area contributed by atoms with E-state index in [1.165, 1.54) is 0 Å². The predicted molar refractivity (Wildman–Crippen MR) is 178 cm³/mol. The number of nitrogens with zero attached hydrogens (tertiary/aromatic N) is 6. The Morgan fingerprint density at radius 3 is 2.26 bits per heavy atom. The van der Waals surface area contributed by atoms with Gasteiger partial charge in [0.2, 0.25) is 17.7 Å². The summed E-state index contributed by atoms with van der Waals surface area (Å²) in [6.07, 6.45) is 5.97. The second kappa shape index (κ2) is 13.3. The van der Waals surface area contributed by atoms with Crippen molar-refractivity contribution >= 4 is 34.3 Å². The third-order valence-electron chi connectivity index (χ3n) is 9.76. The lowest BCUT2D eigenvalue weighted by Crippen LogP contribution is -2.62. The van der Waals surface area contributed by atoms with Gasteiger partial charge in [-0.25, -0.2) is 4.98 Å². The molecule has 0 radical (unpaired) electrons. The normalized spacial score (nSPS) is 20.1. The Morgan fingerprint density at radius 2 is 1.64 bits per heavy atom. The van der Waals surface area contributed by atoms with E-state index in [4.69, 9.17) is 9.47 Å². The molecular weight excluding hydrogens is 602 g/mol. The van der Waals surface area contributed by atoms with Gasteiger partial charge in [0.05, 0.1) is 31.7 Å². The zero-order valence-electron chi connectivity index (χ0n) is 27.7. The first-order chi connectivity index (χ1) is 22.6. The van der Waals surface area contributed by atoms with Gasteiger partial charge in [-0.3, -0.25) is 34.3 Å². The van der Waals surface area contributed by atoms with Gasteiger partial charge in [0, 0.05) is 76.6 Å². The number of carbonyl (C=O) groups excluding carboxylic acids is 3. The number of carbonyl (C=O) groups is 3. The van der Waals surface area contributed by atoms with Crippen LogP contribution in [0.1, 0.15) is 31.2 Å². The van der Waals surface area contributed by atoms with E-state index < -0.39 is 6.04 Å². The predicted octanol–water partition coefficient (Wildman–Crippen LogP) is 1.60. The Kier molecular flexibility index (Phi) is 9.20. The summed E-state index contributed by atoms with van der Waals surface area (Å²) in [6.45, 7) is 3.84. The molecule has 6 rings (SSSR count). The van der Waals surface area contributed by atoms with Gasteiger partial charge in [0.1, 0.15) is 23.4 Å². The van der Waals surface area contributed by atoms with Crippen molar-refractivity contribution in [1.29, 1.82) is 0 Å². The molecule has 3 fully saturated rings. The summed E-state index contributed by atoms with van der Waals surface area (Å²) in [7, 11) is 8.90. The number of benzene rings is 1. The van der Waals surface area contributed by atoms with Crippen LogP contribution in [0.25, 0.3) is 21.9 Å². The summed E-state index contributed by atoms with van der Waals surface area (Å²) < 4.78 is 13.4. The molecule has 1 N–H and O–H groups in total. The number of rotatable bonds is 8. The number of amides is 3. The van der Waals surface area contributed by atoms with Crippen molar-refractivity contribution in [3.63, 3.8) is 0 Å². The molecule has 5 heterocycles. The summed E-state index contributed by atoms with van der Waals surface area (Å²) >= 11 is 0. The van der Waals surface area contributed by atoms with Crippen molar-refractivity contribution in [2.24, 2.45) is 7.05 Å². The monoisotopic (exact) mass is 645 g/mol. The van der Waals surface area contributed by atoms with Gasteiger partial charge in [-0.05, 0) is 56.1 Å². The minimum Gasteiger partial charge on any atom is -0.496 e. The van der Waals surface area contributed by atoms with E-state index in [0.717, 1.165) is 53.8 Å². The summed E-state index contributed by atoms with van der Waals surface area (Å²) in [5.74, 6) is 1.48. The standard InChI is InChI=1S/C34H43N7O6/c1-37(2)30-16-23-24(17-35-30)34(45)38(3)18-25(23)21-14-28(46-4)26(29(15-21)47-5)19-39-10-8-22(9-11-39)40-12-13-41(32(43)20-40)27-6-7-31(42)36-33(27)44/h14-18,22,27H,6-13,19-20H2,1-5H3,(H,36,42,44). The number of piperazine rings is 1. The van der Waals surface area contributed by atoms with Crippen molar-refractivity contribution in [2.75, 3.05) is 65.9 Å². The van der Waals surface area contributed by atoms with E-state index in [2.05, 4.69) is 20.1 Å². The van der Waals surface area contributed by atoms with Crippen LogP contribution in [-0.2, 0) is 28.0 Å². The van der Waals surface area contributed by atoms with Crippen LogP contribution in [0.2, 0.25) is 0 Å². The van der Waals surface area contributed by atoms with E-state index in [1.807, 2.05) is 43.4 Å². The van der Waals surface area contributed by atoms with Crippen LogP contribution in [-0.4, -0.2) is 115 Å². The maximum Gasteiger partial charge on any atom is 0.259 e. The number of hydrogen-bond acceptors (Lipinski definition) is 10. The highest BCUT2D eigenvalue weighted by molar-refractivity contribution is 6.02. The number of aromatic nitrogens is 2. The number of imide groups is 1.